The van der Waals surface area contributed by atoms with Crippen molar-refractivity contribution in [3.05, 3.63) is 34.9 Å². The van der Waals surface area contributed by atoms with E-state index in [2.05, 4.69) is 15.3 Å². The minimum absolute atomic E-state index is 0.0366. The Morgan fingerprint density at radius 3 is 2.64 bits per heavy atom. The summed E-state index contributed by atoms with van der Waals surface area (Å²) in [5.41, 5.74) is 5.25. The second-order valence-electron chi connectivity index (χ2n) is 7.11. The topological polar surface area (TPSA) is 98.4 Å². The van der Waals surface area contributed by atoms with Crippen LogP contribution < -0.4 is 11.2 Å². The van der Waals surface area contributed by atoms with Gasteiger partial charge in [0.05, 0.1) is 39.0 Å². The summed E-state index contributed by atoms with van der Waals surface area (Å²) < 4.78 is 93.6. The third-order valence-corrected chi connectivity index (χ3v) is 4.62. The fourth-order valence-electron chi connectivity index (χ4n) is 2.97. The van der Waals surface area contributed by atoms with Crippen LogP contribution in [0.15, 0.2) is 40.0 Å². The molecular formula is C19H24F6N4O4. The summed E-state index contributed by atoms with van der Waals surface area (Å²) in [6.45, 7) is 1.14. The summed E-state index contributed by atoms with van der Waals surface area (Å²) in [6.07, 6.45) is -10.0. The Morgan fingerprint density at radius 1 is 1.27 bits per heavy atom. The van der Waals surface area contributed by atoms with E-state index in [1.54, 1.807) is 0 Å². The van der Waals surface area contributed by atoms with E-state index in [0.29, 0.717) is 12.6 Å². The van der Waals surface area contributed by atoms with Crippen LogP contribution in [0.25, 0.3) is 0 Å². The number of hydrogen-bond donors (Lipinski definition) is 2. The zero-order valence-corrected chi connectivity index (χ0v) is 17.6. The molecule has 33 heavy (non-hydrogen) atoms. The number of hydrogen-bond acceptors (Lipinski definition) is 6. The van der Waals surface area contributed by atoms with E-state index in [-0.39, 0.29) is 50.2 Å². The van der Waals surface area contributed by atoms with Crippen molar-refractivity contribution in [1.29, 1.82) is 0 Å². The van der Waals surface area contributed by atoms with Gasteiger partial charge in [0.25, 0.3) is 0 Å². The van der Waals surface area contributed by atoms with Gasteiger partial charge in [-0.25, -0.2) is 10.2 Å². The molecule has 1 heterocycles. The van der Waals surface area contributed by atoms with Crippen LogP contribution >= 0.6 is 0 Å². The number of amidine groups is 1. The molecule has 0 aromatic rings. The van der Waals surface area contributed by atoms with E-state index in [0.717, 1.165) is 6.08 Å². The lowest BCUT2D eigenvalue weighted by Gasteiger charge is -2.32. The van der Waals surface area contributed by atoms with Crippen LogP contribution in [-0.4, -0.2) is 75.4 Å². The third-order valence-electron chi connectivity index (χ3n) is 4.62. The van der Waals surface area contributed by atoms with E-state index in [4.69, 9.17) is 15.2 Å². The smallest absolute Gasteiger partial charge is 0.427 e. The number of amides is 1. The molecule has 0 aromatic heterocycles. The second-order valence-corrected chi connectivity index (χ2v) is 7.11. The fraction of sp³-hybridized carbons (Fsp3) is 0.579. The Labute approximate surface area is 185 Å². The predicted octanol–water partition coefficient (Wildman–Crippen LogP) is 2.99. The number of allylic oxidation sites excluding steroid dienone is 5. The number of halogens is 6. The number of nitrogens with two attached hydrogens (primary N) is 1. The van der Waals surface area contributed by atoms with Gasteiger partial charge in [-0.05, 0) is 30.6 Å². The maximum absolute atomic E-state index is 13.1. The minimum atomic E-state index is -4.92. The van der Waals surface area contributed by atoms with Gasteiger partial charge in [-0.1, -0.05) is 6.08 Å². The Balaban J connectivity index is 1.90. The van der Waals surface area contributed by atoms with Gasteiger partial charge in [-0.2, -0.15) is 31.4 Å². The van der Waals surface area contributed by atoms with Crippen molar-refractivity contribution >= 4 is 11.9 Å². The molecule has 1 aliphatic carbocycles. The largest absolute Gasteiger partial charge is 0.452 e. The summed E-state index contributed by atoms with van der Waals surface area (Å²) in [4.78, 5) is 12.8. The molecule has 2 rings (SSSR count). The van der Waals surface area contributed by atoms with Gasteiger partial charge in [-0.3, -0.25) is 4.90 Å². The monoisotopic (exact) mass is 486 g/mol. The molecule has 14 heteroatoms. The van der Waals surface area contributed by atoms with Crippen LogP contribution in [0.2, 0.25) is 0 Å². The summed E-state index contributed by atoms with van der Waals surface area (Å²) in [7, 11) is 1.17. The van der Waals surface area contributed by atoms with Gasteiger partial charge < -0.3 is 19.9 Å². The SMILES string of the molecule is COC(=O)N/N=C(\N)CN1CCO[C@H](OCCC2=CCC(C(F)(F)F)=CC(C(F)(F)F)=C2)C1. The molecule has 1 amide bonds. The molecule has 1 aliphatic heterocycles. The molecule has 0 spiro atoms. The lowest BCUT2D eigenvalue weighted by Crippen LogP contribution is -2.47. The number of nitrogens with zero attached hydrogens (tertiary/aromatic N) is 2. The first-order chi connectivity index (χ1) is 15.4. The highest BCUT2D eigenvalue weighted by atomic mass is 19.4. The molecule has 1 atom stereocenters. The molecule has 1 saturated heterocycles. The standard InChI is InChI=1S/C19H24F6N4O4/c1-31-17(30)28-27-15(26)10-29-5-7-33-16(11-29)32-6-4-12-2-3-13(18(20,21)22)9-14(8-12)19(23,24)25/h2,8-9,16H,3-7,10-11H2,1H3,(H2,26,27)(H,28,30)/t16-/m0/s1. The minimum Gasteiger partial charge on any atom is -0.452 e. The number of hydrazone groups is 1. The van der Waals surface area contributed by atoms with Crippen molar-refractivity contribution in [3.8, 4) is 0 Å². The van der Waals surface area contributed by atoms with Gasteiger partial charge in [0.2, 0.25) is 0 Å². The normalized spacial score (nSPS) is 21.0. The second kappa shape index (κ2) is 11.5. The van der Waals surface area contributed by atoms with Crippen molar-refractivity contribution in [3.63, 3.8) is 0 Å². The molecule has 186 valence electrons. The van der Waals surface area contributed by atoms with E-state index < -0.39 is 42.3 Å². The highest BCUT2D eigenvalue weighted by molar-refractivity contribution is 5.83. The van der Waals surface area contributed by atoms with E-state index >= 15 is 0 Å². The number of alkyl halides is 6. The van der Waals surface area contributed by atoms with Crippen LogP contribution in [-0.2, 0) is 14.2 Å². The maximum Gasteiger partial charge on any atom is 0.427 e. The Bertz CT molecular complexity index is 820. The van der Waals surface area contributed by atoms with E-state index in [1.165, 1.54) is 7.11 Å². The van der Waals surface area contributed by atoms with Crippen LogP contribution in [0.4, 0.5) is 31.1 Å². The number of carbonyl (C=O) groups is 1. The summed E-state index contributed by atoms with van der Waals surface area (Å²) in [5.74, 6) is 0.0995. The Kier molecular flexibility index (Phi) is 9.31. The molecule has 8 nitrogen and oxygen atoms in total. The number of morpholine rings is 1. The predicted molar refractivity (Wildman–Crippen MR) is 105 cm³/mol. The number of methoxy groups -OCH3 is 1. The molecule has 0 saturated carbocycles. The van der Waals surface area contributed by atoms with Crippen LogP contribution in [0.5, 0.6) is 0 Å². The zero-order valence-electron chi connectivity index (χ0n) is 17.6. The first kappa shape index (κ1) is 26.7. The summed E-state index contributed by atoms with van der Waals surface area (Å²) in [5, 5.41) is 3.65. The molecule has 0 radical (unpaired) electrons. The van der Waals surface area contributed by atoms with Crippen LogP contribution in [0.3, 0.4) is 0 Å². The fourth-order valence-corrected chi connectivity index (χ4v) is 2.97. The van der Waals surface area contributed by atoms with E-state index in [9.17, 15) is 31.1 Å². The molecule has 0 bridgehead atoms. The van der Waals surface area contributed by atoms with Crippen molar-refractivity contribution in [2.24, 2.45) is 10.8 Å². The van der Waals surface area contributed by atoms with Gasteiger partial charge >= 0.3 is 18.4 Å². The van der Waals surface area contributed by atoms with Gasteiger partial charge in [0.15, 0.2) is 6.29 Å². The van der Waals surface area contributed by atoms with Crippen LogP contribution in [0, 0.1) is 0 Å². The van der Waals surface area contributed by atoms with Crippen molar-refractivity contribution in [2.75, 3.05) is 40.0 Å². The summed E-state index contributed by atoms with van der Waals surface area (Å²) >= 11 is 0. The van der Waals surface area contributed by atoms with Gasteiger partial charge in [-0.15, -0.1) is 0 Å². The average Bonchev–Trinajstić information content (AvgIpc) is 2.95. The zero-order chi connectivity index (χ0) is 24.6. The first-order valence-corrected chi connectivity index (χ1v) is 9.75. The van der Waals surface area contributed by atoms with Crippen molar-refractivity contribution < 1.29 is 45.3 Å². The number of nitrogens with one attached hydrogen (secondary N) is 1. The highest BCUT2D eigenvalue weighted by Gasteiger charge is 2.38. The Hall–Kier alpha value is -2.58. The lowest BCUT2D eigenvalue weighted by atomic mass is 10.1. The average molecular weight is 486 g/mol. The van der Waals surface area contributed by atoms with Crippen LogP contribution in [0.1, 0.15) is 12.8 Å². The summed E-state index contributed by atoms with van der Waals surface area (Å²) in [6, 6.07) is 0. The number of ether oxygens (including phenoxy) is 3. The highest BCUT2D eigenvalue weighted by Crippen LogP contribution is 2.37. The maximum atomic E-state index is 13.1. The molecule has 3 N–H and O–H groups in total. The quantitative estimate of drug-likeness (QED) is 0.249. The molecule has 0 unspecified atom stereocenters. The Morgan fingerprint density at radius 2 is 2.00 bits per heavy atom. The number of rotatable bonds is 7. The van der Waals surface area contributed by atoms with Gasteiger partial charge in [0.1, 0.15) is 5.84 Å². The first-order valence-electron chi connectivity index (χ1n) is 9.75. The van der Waals surface area contributed by atoms with Crippen molar-refractivity contribution in [1.82, 2.24) is 10.3 Å². The molecule has 2 aliphatic rings. The van der Waals surface area contributed by atoms with Crippen molar-refractivity contribution in [2.45, 2.75) is 31.5 Å². The lowest BCUT2D eigenvalue weighted by molar-refractivity contribution is -0.176. The van der Waals surface area contributed by atoms with E-state index in [1.807, 2.05) is 4.90 Å². The van der Waals surface area contributed by atoms with Gasteiger partial charge in [0, 0.05) is 12.1 Å². The molecular weight excluding hydrogens is 462 g/mol. The molecule has 1 fully saturated rings. The third kappa shape index (κ3) is 9.06. The molecule has 0 aromatic carbocycles. The number of carbonyl (C=O) groups excluding carboxylic acids is 1.